The molecule has 0 bridgehead atoms. The fourth-order valence-corrected chi connectivity index (χ4v) is 3.52. The van der Waals surface area contributed by atoms with Gasteiger partial charge in [-0.2, -0.15) is 9.78 Å². The lowest BCUT2D eigenvalue weighted by atomic mass is 10.2. The molecule has 12 nitrogen and oxygen atoms in total. The highest BCUT2D eigenvalue weighted by molar-refractivity contribution is 9.10. The van der Waals surface area contributed by atoms with Crippen LogP contribution in [0.25, 0.3) is 10.9 Å². The second-order valence-electron chi connectivity index (χ2n) is 7.10. The zero-order valence-corrected chi connectivity index (χ0v) is 19.6. The number of hydrogen-bond donors (Lipinski definition) is 0. The summed E-state index contributed by atoms with van der Waals surface area (Å²) in [5.74, 6) is 0.567. The Labute approximate surface area is 205 Å². The van der Waals surface area contributed by atoms with Crippen molar-refractivity contribution < 1.29 is 14.6 Å². The van der Waals surface area contributed by atoms with Crippen LogP contribution in [0.5, 0.6) is 11.6 Å². The van der Waals surface area contributed by atoms with Gasteiger partial charge in [0.15, 0.2) is 0 Å². The third kappa shape index (κ3) is 5.04. The van der Waals surface area contributed by atoms with Crippen LogP contribution in [0.3, 0.4) is 0 Å². The van der Waals surface area contributed by atoms with Crippen molar-refractivity contribution in [2.24, 2.45) is 5.10 Å². The number of nitro benzene ring substituents is 1. The van der Waals surface area contributed by atoms with Crippen molar-refractivity contribution in [2.75, 3.05) is 0 Å². The second kappa shape index (κ2) is 9.77. The first-order valence-corrected chi connectivity index (χ1v) is 10.9. The smallest absolute Gasteiger partial charge is 0.287 e. The van der Waals surface area contributed by atoms with E-state index in [1.165, 1.54) is 36.5 Å². The number of rotatable bonds is 7. The number of fused-ring (bicyclic) bond motifs is 1. The molecule has 0 fully saturated rings. The van der Waals surface area contributed by atoms with Gasteiger partial charge in [0.2, 0.25) is 5.88 Å². The summed E-state index contributed by atoms with van der Waals surface area (Å²) in [6, 6.07) is 11.5. The van der Waals surface area contributed by atoms with E-state index >= 15 is 0 Å². The molecule has 0 atom stereocenters. The number of hydrogen-bond acceptors (Lipinski definition) is 9. The number of non-ortho nitro benzene ring substituents is 1. The predicted octanol–water partition coefficient (Wildman–Crippen LogP) is 4.61. The summed E-state index contributed by atoms with van der Waals surface area (Å²) in [5.41, 5.74) is -0.147. The molecule has 4 aromatic rings. The van der Waals surface area contributed by atoms with Gasteiger partial charge in [0.05, 0.1) is 27.0 Å². The maximum absolute atomic E-state index is 13.1. The highest BCUT2D eigenvalue weighted by Gasteiger charge is 2.14. The van der Waals surface area contributed by atoms with Gasteiger partial charge in [0, 0.05) is 40.7 Å². The van der Waals surface area contributed by atoms with Crippen molar-refractivity contribution in [1.29, 1.82) is 0 Å². The summed E-state index contributed by atoms with van der Waals surface area (Å²) < 4.78 is 7.51. The lowest BCUT2D eigenvalue weighted by Crippen LogP contribution is -2.22. The Balaban J connectivity index is 1.78. The molecule has 0 saturated carbocycles. The fraction of sp³-hybridized carbons (Fsp3) is 0.0909. The minimum atomic E-state index is -0.597. The molecule has 13 heteroatoms. The van der Waals surface area contributed by atoms with Gasteiger partial charge >= 0.3 is 0 Å². The van der Waals surface area contributed by atoms with Crippen LogP contribution in [-0.4, -0.2) is 30.7 Å². The fourth-order valence-electron chi connectivity index (χ4n) is 3.16. The van der Waals surface area contributed by atoms with E-state index in [1.807, 2.05) is 6.92 Å². The van der Waals surface area contributed by atoms with E-state index in [0.29, 0.717) is 27.6 Å². The lowest BCUT2D eigenvalue weighted by Gasteiger charge is -2.09. The maximum atomic E-state index is 13.1. The van der Waals surface area contributed by atoms with Crippen molar-refractivity contribution in [2.45, 2.75) is 13.3 Å². The number of nitro groups is 2. The SMILES string of the molecule is CCc1nc2ccc(Br)cc2c(=O)n1N=Cc1cc([N+](=O)[O-])ccc1Oc1ccc([N+](=O)[O-])cn1. The first-order chi connectivity index (χ1) is 16.8. The van der Waals surface area contributed by atoms with Gasteiger partial charge in [0.1, 0.15) is 17.8 Å². The van der Waals surface area contributed by atoms with Crippen molar-refractivity contribution in [3.63, 3.8) is 0 Å². The van der Waals surface area contributed by atoms with Crippen LogP contribution in [0.15, 0.2) is 69.1 Å². The van der Waals surface area contributed by atoms with Gasteiger partial charge in [-0.05, 0) is 24.3 Å². The summed E-state index contributed by atoms with van der Waals surface area (Å²) >= 11 is 3.34. The molecule has 0 aliphatic carbocycles. The predicted molar refractivity (Wildman–Crippen MR) is 130 cm³/mol. The number of pyridine rings is 1. The van der Waals surface area contributed by atoms with Crippen LogP contribution in [-0.2, 0) is 6.42 Å². The van der Waals surface area contributed by atoms with E-state index in [-0.39, 0.29) is 28.6 Å². The molecule has 0 radical (unpaired) electrons. The van der Waals surface area contributed by atoms with Crippen LogP contribution in [0.4, 0.5) is 11.4 Å². The molecule has 2 aromatic carbocycles. The Morgan fingerprint density at radius 3 is 2.49 bits per heavy atom. The molecule has 2 aromatic heterocycles. The van der Waals surface area contributed by atoms with Gasteiger partial charge in [-0.3, -0.25) is 25.0 Å². The van der Waals surface area contributed by atoms with E-state index in [1.54, 1.807) is 18.2 Å². The van der Waals surface area contributed by atoms with E-state index in [0.717, 1.165) is 10.9 Å². The van der Waals surface area contributed by atoms with Crippen molar-refractivity contribution in [3.05, 3.63) is 101 Å². The number of nitrogens with zero attached hydrogens (tertiary/aromatic N) is 6. The summed E-state index contributed by atoms with van der Waals surface area (Å²) in [6.45, 7) is 1.82. The molecule has 0 N–H and O–H groups in total. The van der Waals surface area contributed by atoms with Gasteiger partial charge in [0.25, 0.3) is 16.9 Å². The van der Waals surface area contributed by atoms with Crippen LogP contribution < -0.4 is 10.3 Å². The van der Waals surface area contributed by atoms with Crippen molar-refractivity contribution >= 4 is 44.4 Å². The average molecular weight is 539 g/mol. The molecule has 0 aliphatic rings. The Morgan fingerprint density at radius 1 is 1.09 bits per heavy atom. The van der Waals surface area contributed by atoms with Gasteiger partial charge in [-0.1, -0.05) is 22.9 Å². The summed E-state index contributed by atoms with van der Waals surface area (Å²) in [5, 5.41) is 26.7. The van der Waals surface area contributed by atoms with Gasteiger partial charge in [-0.15, -0.1) is 0 Å². The molecular formula is C22H15BrN6O6. The normalized spacial score (nSPS) is 11.1. The van der Waals surface area contributed by atoms with E-state index in [2.05, 4.69) is 31.0 Å². The minimum Gasteiger partial charge on any atom is -0.438 e. The van der Waals surface area contributed by atoms with E-state index in [4.69, 9.17) is 4.74 Å². The second-order valence-corrected chi connectivity index (χ2v) is 8.01. The van der Waals surface area contributed by atoms with Gasteiger partial charge in [-0.25, -0.2) is 9.97 Å². The first kappa shape index (κ1) is 23.6. The molecule has 2 heterocycles. The molecule has 0 aliphatic heterocycles. The highest BCUT2D eigenvalue weighted by Crippen LogP contribution is 2.27. The lowest BCUT2D eigenvalue weighted by molar-refractivity contribution is -0.385. The quantitative estimate of drug-likeness (QED) is 0.187. The molecule has 35 heavy (non-hydrogen) atoms. The molecule has 0 spiro atoms. The van der Waals surface area contributed by atoms with Crippen LogP contribution in [0, 0.1) is 20.2 Å². The molecule has 0 unspecified atom stereocenters. The number of aryl methyl sites for hydroxylation is 1. The standard InChI is InChI=1S/C22H15BrN6O6/c1-2-20-26-18-6-3-14(23)10-17(18)22(30)27(20)25-11-13-9-15(28(31)32)4-7-19(13)35-21-8-5-16(12-24-21)29(33)34/h3-12H,2H2,1H3. The van der Waals surface area contributed by atoms with E-state index < -0.39 is 15.4 Å². The third-order valence-corrected chi connectivity index (χ3v) is 5.35. The summed E-state index contributed by atoms with van der Waals surface area (Å²) in [6.07, 6.45) is 2.68. The van der Waals surface area contributed by atoms with Crippen molar-refractivity contribution in [3.8, 4) is 11.6 Å². The Kier molecular flexibility index (Phi) is 6.59. The zero-order chi connectivity index (χ0) is 25.1. The highest BCUT2D eigenvalue weighted by atomic mass is 79.9. The first-order valence-electron chi connectivity index (χ1n) is 10.1. The summed E-state index contributed by atoms with van der Waals surface area (Å²) in [4.78, 5) is 42.4. The zero-order valence-electron chi connectivity index (χ0n) is 18.0. The Hall–Kier alpha value is -4.52. The number of benzene rings is 2. The monoisotopic (exact) mass is 538 g/mol. The number of aromatic nitrogens is 3. The Bertz CT molecular complexity index is 1550. The Morgan fingerprint density at radius 2 is 1.83 bits per heavy atom. The average Bonchev–Trinajstić information content (AvgIpc) is 2.84. The van der Waals surface area contributed by atoms with Crippen LogP contribution >= 0.6 is 15.9 Å². The number of ether oxygens (including phenoxy) is 1. The maximum Gasteiger partial charge on any atom is 0.287 e. The molecular weight excluding hydrogens is 524 g/mol. The molecule has 0 amide bonds. The summed E-state index contributed by atoms with van der Waals surface area (Å²) in [7, 11) is 0. The van der Waals surface area contributed by atoms with Crippen LogP contribution in [0.1, 0.15) is 18.3 Å². The minimum absolute atomic E-state index is 0.0303. The molecule has 4 rings (SSSR count). The molecule has 176 valence electrons. The topological polar surface area (TPSA) is 156 Å². The van der Waals surface area contributed by atoms with Crippen molar-refractivity contribution in [1.82, 2.24) is 14.6 Å². The van der Waals surface area contributed by atoms with Crippen LogP contribution in [0.2, 0.25) is 0 Å². The number of halogens is 1. The third-order valence-electron chi connectivity index (χ3n) is 4.85. The molecule has 0 saturated heterocycles. The largest absolute Gasteiger partial charge is 0.438 e. The van der Waals surface area contributed by atoms with E-state index in [9.17, 15) is 25.0 Å². The van der Waals surface area contributed by atoms with Gasteiger partial charge < -0.3 is 4.74 Å².